The molecule has 10 aromatic rings. The second-order valence-corrected chi connectivity index (χ2v) is 11.7. The van der Waals surface area contributed by atoms with Gasteiger partial charge in [-0.1, -0.05) is 109 Å². The average Bonchev–Trinajstić information content (AvgIpc) is 3.83. The third-order valence-electron chi connectivity index (χ3n) is 8.83. The van der Waals surface area contributed by atoms with Crippen molar-refractivity contribution in [2.75, 3.05) is 4.90 Å². The number of anilines is 3. The maximum Gasteiger partial charge on any atom is 0.135 e. The lowest BCUT2D eigenvalue weighted by atomic mass is 9.98. The van der Waals surface area contributed by atoms with Gasteiger partial charge < -0.3 is 13.7 Å². The molecule has 3 nitrogen and oxygen atoms in total. The highest BCUT2D eigenvalue weighted by molar-refractivity contribution is 6.08. The lowest BCUT2D eigenvalue weighted by Gasteiger charge is -2.26. The van der Waals surface area contributed by atoms with E-state index in [0.717, 1.165) is 43.8 Å². The van der Waals surface area contributed by atoms with E-state index in [1.165, 1.54) is 0 Å². The predicted octanol–water partition coefficient (Wildman–Crippen LogP) is 13.4. The third-order valence-corrected chi connectivity index (χ3v) is 8.83. The summed E-state index contributed by atoms with van der Waals surface area (Å²) >= 11 is 0. The molecular formula is C46H29NO2. The largest absolute Gasteiger partial charge is 0.456 e. The molecule has 0 amide bonds. The van der Waals surface area contributed by atoms with Crippen LogP contribution in [0.5, 0.6) is 0 Å². The molecule has 0 N–H and O–H groups in total. The Bertz CT molecular complexity index is 3450. The Labute approximate surface area is 298 Å². The Kier molecular flexibility index (Phi) is 4.19. The van der Waals surface area contributed by atoms with Gasteiger partial charge in [0.15, 0.2) is 0 Å². The highest BCUT2D eigenvalue weighted by Crippen LogP contribution is 2.41. The molecule has 230 valence electrons. The Morgan fingerprint density at radius 3 is 1.82 bits per heavy atom. The van der Waals surface area contributed by atoms with E-state index in [-0.39, 0.29) is 22.0 Å². The molecule has 0 radical (unpaired) electrons. The van der Waals surface area contributed by atoms with E-state index in [4.69, 9.17) is 18.4 Å². The molecule has 8 aromatic carbocycles. The third kappa shape index (κ3) is 4.59. The first-order chi connectivity index (χ1) is 28.8. The number of benzene rings is 8. The fourth-order valence-electron chi connectivity index (χ4n) is 6.53. The molecule has 0 aliphatic heterocycles. The highest BCUT2D eigenvalue weighted by atomic mass is 16.3. The molecule has 3 heteroatoms. The average molecular weight is 639 g/mol. The van der Waals surface area contributed by atoms with Crippen LogP contribution in [0.4, 0.5) is 17.1 Å². The zero-order valence-electron chi connectivity index (χ0n) is 36.7. The summed E-state index contributed by atoms with van der Waals surface area (Å²) < 4.78 is 110. The minimum Gasteiger partial charge on any atom is -0.456 e. The maximum atomic E-state index is 9.57. The van der Waals surface area contributed by atoms with Gasteiger partial charge in [0.1, 0.15) is 22.3 Å². The molecule has 0 unspecified atom stereocenters. The maximum absolute atomic E-state index is 9.57. The fraction of sp³-hybridized carbons (Fsp3) is 0. The van der Waals surface area contributed by atoms with Crippen LogP contribution in [0, 0.1) is 0 Å². The number of furan rings is 2. The van der Waals surface area contributed by atoms with Crippen LogP contribution < -0.4 is 4.90 Å². The van der Waals surface area contributed by atoms with E-state index < -0.39 is 72.0 Å². The second-order valence-electron chi connectivity index (χ2n) is 11.7. The van der Waals surface area contributed by atoms with Crippen molar-refractivity contribution in [3.05, 3.63) is 176 Å². The van der Waals surface area contributed by atoms with Gasteiger partial charge >= 0.3 is 0 Å². The Morgan fingerprint density at radius 1 is 0.388 bits per heavy atom. The zero-order chi connectivity index (χ0) is 41.9. The molecule has 0 aliphatic carbocycles. The van der Waals surface area contributed by atoms with E-state index in [0.29, 0.717) is 22.5 Å². The van der Waals surface area contributed by atoms with Gasteiger partial charge in [0.25, 0.3) is 0 Å². The summed E-state index contributed by atoms with van der Waals surface area (Å²) in [7, 11) is 0. The van der Waals surface area contributed by atoms with Crippen molar-refractivity contribution in [1.29, 1.82) is 0 Å². The minimum absolute atomic E-state index is 0.129. The van der Waals surface area contributed by atoms with E-state index in [1.807, 2.05) is 91.0 Å². The van der Waals surface area contributed by atoms with Gasteiger partial charge in [-0.3, -0.25) is 0 Å². The SMILES string of the molecule is [2H]c1c([2H])c(N(c2cccc(-c3ccc4oc5ccccc5c4c3)c2)c2ccc3oc4ccccc4c3c2)c([2H])c([2H])c1-c1c([2H])c([2H])c([2H])c2c([2H])c([2H])c([2H])c([2H])c12. The van der Waals surface area contributed by atoms with Gasteiger partial charge in [0.2, 0.25) is 0 Å². The van der Waals surface area contributed by atoms with E-state index >= 15 is 0 Å². The number of hydrogen-bond acceptors (Lipinski definition) is 3. The van der Waals surface area contributed by atoms with E-state index in [9.17, 15) is 5.48 Å². The van der Waals surface area contributed by atoms with Crippen LogP contribution in [0.15, 0.2) is 184 Å². The Hall–Kier alpha value is -6.58. The van der Waals surface area contributed by atoms with Crippen LogP contribution in [-0.4, -0.2) is 0 Å². The Morgan fingerprint density at radius 2 is 1.02 bits per heavy atom. The van der Waals surface area contributed by atoms with Crippen molar-refractivity contribution in [2.24, 2.45) is 0 Å². The van der Waals surface area contributed by atoms with Gasteiger partial charge in [-0.15, -0.1) is 0 Å². The molecular weight excluding hydrogens is 599 g/mol. The standard InChI is InChI=1S/C46H29NO2/c1-2-13-37-30(9-1)10-8-16-38(37)31-19-22-34(23-20-31)47(36-24-26-46-42(29-36)40-15-4-6-18-44(40)49-46)35-12-7-11-32(27-35)33-21-25-45-41(28-33)39-14-3-5-17-43(39)48-45/h1-29H/i1D,2D,8D,9D,10D,13D,16D,19D,20D,22D,23D. The summed E-state index contributed by atoms with van der Waals surface area (Å²) in [6.07, 6.45) is 0. The number of hydrogen-bond donors (Lipinski definition) is 0. The molecule has 0 aliphatic rings. The van der Waals surface area contributed by atoms with Crippen LogP contribution in [0.1, 0.15) is 15.1 Å². The van der Waals surface area contributed by atoms with Gasteiger partial charge in [0.05, 0.1) is 15.1 Å². The number of fused-ring (bicyclic) bond motifs is 7. The zero-order valence-corrected chi connectivity index (χ0v) is 25.7. The number of para-hydroxylation sites is 2. The summed E-state index contributed by atoms with van der Waals surface area (Å²) in [4.78, 5) is 1.63. The Balaban J connectivity index is 1.24. The summed E-state index contributed by atoms with van der Waals surface area (Å²) in [6.45, 7) is 0. The first kappa shape index (κ1) is 18.7. The molecule has 0 spiro atoms. The molecule has 0 saturated carbocycles. The van der Waals surface area contributed by atoms with Crippen molar-refractivity contribution in [3.8, 4) is 22.3 Å². The van der Waals surface area contributed by atoms with Crippen LogP contribution >= 0.6 is 0 Å². The van der Waals surface area contributed by atoms with Crippen molar-refractivity contribution in [1.82, 2.24) is 0 Å². The van der Waals surface area contributed by atoms with Crippen LogP contribution in [-0.2, 0) is 0 Å². The lowest BCUT2D eigenvalue weighted by Crippen LogP contribution is -2.10. The van der Waals surface area contributed by atoms with Crippen molar-refractivity contribution in [3.63, 3.8) is 0 Å². The molecule has 0 saturated heterocycles. The molecule has 0 fully saturated rings. The number of nitrogens with zero attached hydrogens (tertiary/aromatic N) is 1. The number of rotatable bonds is 5. The summed E-state index contributed by atoms with van der Waals surface area (Å²) in [5.41, 5.74) is 4.48. The topological polar surface area (TPSA) is 29.5 Å². The van der Waals surface area contributed by atoms with E-state index in [1.54, 1.807) is 23.1 Å². The molecule has 0 atom stereocenters. The highest BCUT2D eigenvalue weighted by Gasteiger charge is 2.17. The fourth-order valence-corrected chi connectivity index (χ4v) is 6.53. The van der Waals surface area contributed by atoms with Crippen molar-refractivity contribution >= 4 is 71.7 Å². The molecule has 10 rings (SSSR count). The second kappa shape index (κ2) is 11.0. The monoisotopic (exact) mass is 638 g/mol. The van der Waals surface area contributed by atoms with Crippen LogP contribution in [0.3, 0.4) is 0 Å². The molecule has 2 heterocycles. The summed E-state index contributed by atoms with van der Waals surface area (Å²) in [6, 6.07) is 27.5. The summed E-state index contributed by atoms with van der Waals surface area (Å²) in [5, 5.41) is 2.81. The van der Waals surface area contributed by atoms with Gasteiger partial charge in [-0.2, -0.15) is 0 Å². The van der Waals surface area contributed by atoms with E-state index in [2.05, 4.69) is 0 Å². The van der Waals surface area contributed by atoms with Crippen LogP contribution in [0.2, 0.25) is 0 Å². The lowest BCUT2D eigenvalue weighted by molar-refractivity contribution is 0.668. The van der Waals surface area contributed by atoms with Crippen molar-refractivity contribution < 1.29 is 23.9 Å². The minimum atomic E-state index is -0.677. The van der Waals surface area contributed by atoms with Gasteiger partial charge in [-0.25, -0.2) is 0 Å². The van der Waals surface area contributed by atoms with Crippen molar-refractivity contribution in [2.45, 2.75) is 0 Å². The van der Waals surface area contributed by atoms with Crippen LogP contribution in [0.25, 0.3) is 76.9 Å². The smallest absolute Gasteiger partial charge is 0.135 e. The van der Waals surface area contributed by atoms with Gasteiger partial charge in [-0.05, 0) is 99.7 Å². The summed E-state index contributed by atoms with van der Waals surface area (Å²) in [5.74, 6) is 0. The first-order valence-electron chi connectivity index (χ1n) is 21.2. The molecule has 2 aromatic heterocycles. The first-order valence-corrected chi connectivity index (χ1v) is 15.7. The molecule has 49 heavy (non-hydrogen) atoms. The normalized spacial score (nSPS) is 14.8. The van der Waals surface area contributed by atoms with Gasteiger partial charge in [0, 0.05) is 38.6 Å². The molecule has 0 bridgehead atoms. The predicted molar refractivity (Wildman–Crippen MR) is 204 cm³/mol. The quantitative estimate of drug-likeness (QED) is 0.188.